The van der Waals surface area contributed by atoms with E-state index in [0.717, 1.165) is 31.5 Å². The van der Waals surface area contributed by atoms with Crippen LogP contribution in [0, 0.1) is 6.92 Å². The van der Waals surface area contributed by atoms with Gasteiger partial charge in [-0.1, -0.05) is 97.8 Å². The lowest BCUT2D eigenvalue weighted by molar-refractivity contribution is 0.585. The van der Waals surface area contributed by atoms with Gasteiger partial charge < -0.3 is 9.97 Å². The zero-order valence-corrected chi connectivity index (χ0v) is 21.6. The third kappa shape index (κ3) is 9.92. The van der Waals surface area contributed by atoms with Crippen molar-refractivity contribution < 1.29 is 0 Å². The number of hydrogen-bond acceptors (Lipinski definition) is 2. The van der Waals surface area contributed by atoms with Gasteiger partial charge in [-0.25, -0.2) is 9.97 Å². The normalized spacial score (nSPS) is 11.5. The highest BCUT2D eigenvalue weighted by Gasteiger charge is 2.13. The molecule has 0 radical (unpaired) electrons. The van der Waals surface area contributed by atoms with Crippen LogP contribution in [0.4, 0.5) is 0 Å². The van der Waals surface area contributed by atoms with Crippen LogP contribution in [-0.2, 0) is 25.7 Å². The van der Waals surface area contributed by atoms with Gasteiger partial charge in [-0.15, -0.1) is 0 Å². The van der Waals surface area contributed by atoms with E-state index in [1.54, 1.807) is 0 Å². The minimum atomic E-state index is 0.868. The predicted octanol–water partition coefficient (Wildman–Crippen LogP) is 8.18. The van der Waals surface area contributed by atoms with Gasteiger partial charge >= 0.3 is 0 Å². The van der Waals surface area contributed by atoms with Crippen LogP contribution in [0.15, 0.2) is 0 Å². The molecule has 32 heavy (non-hydrogen) atoms. The molecule has 2 aromatic rings. The highest BCUT2D eigenvalue weighted by molar-refractivity contribution is 5.24. The fraction of sp³-hybridized carbons (Fsp3) is 0.786. The average Bonchev–Trinajstić information content (AvgIpc) is 3.35. The number of aryl methyl sites for hydroxylation is 4. The van der Waals surface area contributed by atoms with Crippen LogP contribution in [0.2, 0.25) is 0 Å². The third-order valence-corrected chi connectivity index (χ3v) is 6.66. The molecule has 0 saturated carbocycles. The number of unbranched alkanes of at least 4 members (excludes halogenated alkanes) is 12. The summed E-state index contributed by atoms with van der Waals surface area (Å²) in [5.74, 6) is 2.33. The Morgan fingerprint density at radius 3 is 1.56 bits per heavy atom. The summed E-state index contributed by atoms with van der Waals surface area (Å²) in [7, 11) is 0. The summed E-state index contributed by atoms with van der Waals surface area (Å²) in [6.45, 7) is 8.93. The molecule has 0 aliphatic carbocycles. The van der Waals surface area contributed by atoms with Crippen LogP contribution < -0.4 is 0 Å². The summed E-state index contributed by atoms with van der Waals surface area (Å²) >= 11 is 0. The summed E-state index contributed by atoms with van der Waals surface area (Å²) in [4.78, 5) is 17.0. The second-order valence-corrected chi connectivity index (χ2v) is 9.64. The standard InChI is InChI=1S/C28H50N4/c1-5-8-10-12-14-16-18-20-27-29-23(4)25(31-27)22-26-24(7-3)30-28(32-26)21-19-17-15-13-11-9-6-2/h5-22H2,1-4H3,(H,29,31)(H,30,32). The lowest BCUT2D eigenvalue weighted by Crippen LogP contribution is -1.96. The lowest BCUT2D eigenvalue weighted by Gasteiger charge is -2.00. The number of aromatic amines is 2. The first kappa shape index (κ1) is 26.7. The molecule has 0 amide bonds. The van der Waals surface area contributed by atoms with Gasteiger partial charge in [0.25, 0.3) is 0 Å². The molecule has 182 valence electrons. The van der Waals surface area contributed by atoms with E-state index < -0.39 is 0 Å². The molecule has 2 heterocycles. The van der Waals surface area contributed by atoms with Crippen LogP contribution in [0.3, 0.4) is 0 Å². The number of nitrogens with zero attached hydrogens (tertiary/aromatic N) is 2. The SMILES string of the molecule is CCCCCCCCCc1nc(Cc2[nH]c(CCCCCCCCC)nc2CC)c(C)[nH]1. The molecular formula is C28H50N4. The minimum Gasteiger partial charge on any atom is -0.346 e. The van der Waals surface area contributed by atoms with E-state index >= 15 is 0 Å². The largest absolute Gasteiger partial charge is 0.346 e. The molecule has 4 nitrogen and oxygen atoms in total. The summed E-state index contributed by atoms with van der Waals surface area (Å²) < 4.78 is 0. The second-order valence-electron chi connectivity index (χ2n) is 9.64. The van der Waals surface area contributed by atoms with Crippen LogP contribution >= 0.6 is 0 Å². The highest BCUT2D eigenvalue weighted by Crippen LogP contribution is 2.18. The average molecular weight is 443 g/mol. The maximum absolute atomic E-state index is 4.94. The Kier molecular flexibility index (Phi) is 13.4. The lowest BCUT2D eigenvalue weighted by atomic mass is 10.1. The van der Waals surface area contributed by atoms with E-state index in [-0.39, 0.29) is 0 Å². The fourth-order valence-corrected chi connectivity index (χ4v) is 4.58. The molecule has 0 aliphatic rings. The van der Waals surface area contributed by atoms with Gasteiger partial charge in [0, 0.05) is 30.7 Å². The Hall–Kier alpha value is -1.58. The number of aromatic nitrogens is 4. The van der Waals surface area contributed by atoms with Crippen LogP contribution in [-0.4, -0.2) is 19.9 Å². The van der Waals surface area contributed by atoms with Gasteiger partial charge in [-0.2, -0.15) is 0 Å². The molecule has 2 N–H and O–H groups in total. The minimum absolute atomic E-state index is 0.868. The Bertz CT molecular complexity index is 728. The summed E-state index contributed by atoms with van der Waals surface area (Å²) in [6.07, 6.45) is 22.8. The van der Waals surface area contributed by atoms with Crippen molar-refractivity contribution in [1.29, 1.82) is 0 Å². The monoisotopic (exact) mass is 442 g/mol. The van der Waals surface area contributed by atoms with Gasteiger partial charge in [-0.05, 0) is 26.2 Å². The smallest absolute Gasteiger partial charge is 0.106 e. The van der Waals surface area contributed by atoms with E-state index in [4.69, 9.17) is 9.97 Å². The molecular weight excluding hydrogens is 392 g/mol. The third-order valence-electron chi connectivity index (χ3n) is 6.66. The van der Waals surface area contributed by atoms with Crippen molar-refractivity contribution in [2.75, 3.05) is 0 Å². The maximum atomic E-state index is 4.94. The summed E-state index contributed by atoms with van der Waals surface area (Å²) in [5.41, 5.74) is 4.89. The molecule has 0 unspecified atom stereocenters. The van der Waals surface area contributed by atoms with Gasteiger partial charge in [0.05, 0.1) is 11.4 Å². The summed E-state index contributed by atoms with van der Waals surface area (Å²) in [5, 5.41) is 0. The second kappa shape index (κ2) is 16.1. The van der Waals surface area contributed by atoms with E-state index in [0.29, 0.717) is 0 Å². The molecule has 0 saturated heterocycles. The first-order valence-electron chi connectivity index (χ1n) is 13.8. The Morgan fingerprint density at radius 1 is 0.562 bits per heavy atom. The van der Waals surface area contributed by atoms with Crippen molar-refractivity contribution in [2.24, 2.45) is 0 Å². The van der Waals surface area contributed by atoms with Gasteiger partial charge in [0.1, 0.15) is 11.6 Å². The summed E-state index contributed by atoms with van der Waals surface area (Å²) in [6, 6.07) is 0. The van der Waals surface area contributed by atoms with Gasteiger partial charge in [0.2, 0.25) is 0 Å². The Morgan fingerprint density at radius 2 is 1.03 bits per heavy atom. The van der Waals surface area contributed by atoms with E-state index in [1.165, 1.54) is 118 Å². The van der Waals surface area contributed by atoms with Crippen molar-refractivity contribution in [3.8, 4) is 0 Å². The molecule has 2 rings (SSSR count). The van der Waals surface area contributed by atoms with Crippen molar-refractivity contribution >= 4 is 0 Å². The van der Waals surface area contributed by atoms with E-state index in [1.807, 2.05) is 0 Å². The van der Waals surface area contributed by atoms with Crippen molar-refractivity contribution in [3.63, 3.8) is 0 Å². The molecule has 2 aromatic heterocycles. The number of H-pyrrole nitrogens is 2. The molecule has 4 heteroatoms. The van der Waals surface area contributed by atoms with Crippen LogP contribution in [0.1, 0.15) is 145 Å². The Balaban J connectivity index is 1.77. The number of hydrogen-bond donors (Lipinski definition) is 2. The molecule has 0 bridgehead atoms. The first-order chi connectivity index (χ1) is 15.7. The maximum Gasteiger partial charge on any atom is 0.106 e. The molecule has 0 fully saturated rings. The van der Waals surface area contributed by atoms with Crippen LogP contribution in [0.25, 0.3) is 0 Å². The number of rotatable bonds is 19. The fourth-order valence-electron chi connectivity index (χ4n) is 4.58. The van der Waals surface area contributed by atoms with Crippen LogP contribution in [0.5, 0.6) is 0 Å². The highest BCUT2D eigenvalue weighted by atomic mass is 15.0. The quantitative estimate of drug-likeness (QED) is 0.215. The topological polar surface area (TPSA) is 57.4 Å². The molecule has 0 aliphatic heterocycles. The molecule has 0 spiro atoms. The van der Waals surface area contributed by atoms with E-state index in [9.17, 15) is 0 Å². The molecule has 0 atom stereocenters. The zero-order chi connectivity index (χ0) is 23.0. The van der Waals surface area contributed by atoms with Gasteiger partial charge in [0.15, 0.2) is 0 Å². The van der Waals surface area contributed by atoms with Gasteiger partial charge in [-0.3, -0.25) is 0 Å². The molecule has 0 aromatic carbocycles. The van der Waals surface area contributed by atoms with Crippen molar-refractivity contribution in [2.45, 2.75) is 143 Å². The van der Waals surface area contributed by atoms with Crippen molar-refractivity contribution in [1.82, 2.24) is 19.9 Å². The number of imidazole rings is 2. The zero-order valence-electron chi connectivity index (χ0n) is 21.6. The predicted molar refractivity (Wildman–Crippen MR) is 137 cm³/mol. The van der Waals surface area contributed by atoms with E-state index in [2.05, 4.69) is 37.7 Å². The number of nitrogens with one attached hydrogen (secondary N) is 2. The Labute approximate surface area is 197 Å². The van der Waals surface area contributed by atoms with Crippen molar-refractivity contribution in [3.05, 3.63) is 34.4 Å². The first-order valence-corrected chi connectivity index (χ1v) is 13.8.